The van der Waals surface area contributed by atoms with Gasteiger partial charge in [-0.1, -0.05) is 27.2 Å². The molecule has 0 bridgehead atoms. The lowest BCUT2D eigenvalue weighted by molar-refractivity contribution is 0.0519. The Bertz CT molecular complexity index is 342. The van der Waals surface area contributed by atoms with Crippen molar-refractivity contribution in [3.8, 4) is 0 Å². The largest absolute Gasteiger partial charge is 0.444 e. The minimum atomic E-state index is -0.441. The maximum atomic E-state index is 11.9. The third-order valence-corrected chi connectivity index (χ3v) is 4.54. The highest BCUT2D eigenvalue weighted by atomic mass is 16.6. The quantitative estimate of drug-likeness (QED) is 0.725. The van der Waals surface area contributed by atoms with E-state index < -0.39 is 5.60 Å². The van der Waals surface area contributed by atoms with Gasteiger partial charge in [0.25, 0.3) is 0 Å². The van der Waals surface area contributed by atoms with Gasteiger partial charge in [-0.25, -0.2) is 4.79 Å². The zero-order chi connectivity index (χ0) is 17.5. The zero-order valence-corrected chi connectivity index (χ0v) is 16.1. The fourth-order valence-electron chi connectivity index (χ4n) is 3.37. The van der Waals surface area contributed by atoms with Gasteiger partial charge in [0.2, 0.25) is 0 Å². The predicted molar refractivity (Wildman–Crippen MR) is 96.7 cm³/mol. The number of rotatable bonds is 7. The Balaban J connectivity index is 2.42. The van der Waals surface area contributed by atoms with Crippen LogP contribution < -0.4 is 10.6 Å². The van der Waals surface area contributed by atoms with Crippen molar-refractivity contribution in [3.05, 3.63) is 0 Å². The van der Waals surface area contributed by atoms with E-state index in [0.717, 1.165) is 12.3 Å². The molecule has 1 rings (SSSR count). The van der Waals surface area contributed by atoms with Crippen molar-refractivity contribution in [1.29, 1.82) is 0 Å². The summed E-state index contributed by atoms with van der Waals surface area (Å²) >= 11 is 0. The van der Waals surface area contributed by atoms with E-state index in [2.05, 4.69) is 31.4 Å². The van der Waals surface area contributed by atoms with Crippen LogP contribution in [0.3, 0.4) is 0 Å². The molecule has 0 heterocycles. The number of carbonyl (C=O) groups is 1. The minimum absolute atomic E-state index is 0.317. The molecular weight excluding hydrogens is 288 g/mol. The fourth-order valence-corrected chi connectivity index (χ4v) is 3.37. The SMILES string of the molecule is CCC1CCC(NC(CNC(=O)OC(C)(C)C)CC(C)C)CC1. The second-order valence-corrected chi connectivity index (χ2v) is 8.50. The van der Waals surface area contributed by atoms with Crippen LogP contribution in [0.2, 0.25) is 0 Å². The number of hydrogen-bond acceptors (Lipinski definition) is 3. The van der Waals surface area contributed by atoms with Gasteiger partial charge in [0.05, 0.1) is 0 Å². The van der Waals surface area contributed by atoms with E-state index in [0.29, 0.717) is 24.5 Å². The molecule has 1 fully saturated rings. The Kier molecular flexibility index (Phi) is 8.38. The smallest absolute Gasteiger partial charge is 0.407 e. The Labute approximate surface area is 143 Å². The van der Waals surface area contributed by atoms with Crippen LogP contribution in [0.15, 0.2) is 0 Å². The van der Waals surface area contributed by atoms with Gasteiger partial charge in [-0.15, -0.1) is 0 Å². The Morgan fingerprint density at radius 3 is 2.26 bits per heavy atom. The van der Waals surface area contributed by atoms with E-state index in [9.17, 15) is 4.79 Å². The van der Waals surface area contributed by atoms with Gasteiger partial charge >= 0.3 is 6.09 Å². The van der Waals surface area contributed by atoms with Crippen LogP contribution in [-0.2, 0) is 4.74 Å². The van der Waals surface area contributed by atoms with Crippen LogP contribution in [0.25, 0.3) is 0 Å². The lowest BCUT2D eigenvalue weighted by Gasteiger charge is -2.32. The van der Waals surface area contributed by atoms with Gasteiger partial charge in [0.1, 0.15) is 5.60 Å². The number of alkyl carbamates (subject to hydrolysis) is 1. The molecule has 1 unspecified atom stereocenters. The summed E-state index contributed by atoms with van der Waals surface area (Å²) in [6.45, 7) is 13.1. The summed E-state index contributed by atoms with van der Waals surface area (Å²) in [6.07, 6.45) is 7.26. The molecule has 0 aromatic carbocycles. The zero-order valence-electron chi connectivity index (χ0n) is 16.1. The van der Waals surface area contributed by atoms with Gasteiger partial charge in [0, 0.05) is 18.6 Å². The van der Waals surface area contributed by atoms with Gasteiger partial charge in [-0.3, -0.25) is 0 Å². The summed E-state index contributed by atoms with van der Waals surface area (Å²) < 4.78 is 5.33. The van der Waals surface area contributed by atoms with Crippen LogP contribution in [0, 0.1) is 11.8 Å². The molecule has 4 nitrogen and oxygen atoms in total. The molecule has 0 aromatic heterocycles. The molecule has 1 saturated carbocycles. The molecule has 1 atom stereocenters. The Morgan fingerprint density at radius 2 is 1.78 bits per heavy atom. The lowest BCUT2D eigenvalue weighted by atomic mass is 9.84. The summed E-state index contributed by atoms with van der Waals surface area (Å²) in [5.74, 6) is 1.52. The molecule has 4 heteroatoms. The Morgan fingerprint density at radius 1 is 1.17 bits per heavy atom. The monoisotopic (exact) mass is 326 g/mol. The molecule has 1 aliphatic rings. The molecule has 0 radical (unpaired) electrons. The molecule has 1 aliphatic carbocycles. The van der Waals surface area contributed by atoms with E-state index in [-0.39, 0.29) is 6.09 Å². The molecule has 1 amide bonds. The van der Waals surface area contributed by atoms with E-state index in [1.807, 2.05) is 20.8 Å². The third kappa shape index (κ3) is 9.19. The van der Waals surface area contributed by atoms with E-state index in [4.69, 9.17) is 4.74 Å². The average molecular weight is 327 g/mol. The van der Waals surface area contributed by atoms with Crippen LogP contribution in [0.5, 0.6) is 0 Å². The van der Waals surface area contributed by atoms with Gasteiger partial charge < -0.3 is 15.4 Å². The molecule has 0 aliphatic heterocycles. The van der Waals surface area contributed by atoms with Gasteiger partial charge in [-0.05, 0) is 64.7 Å². The molecular formula is C19H38N2O2. The first-order valence-electron chi connectivity index (χ1n) is 9.42. The van der Waals surface area contributed by atoms with Crippen molar-refractivity contribution in [2.45, 2.75) is 97.8 Å². The van der Waals surface area contributed by atoms with Crippen molar-refractivity contribution < 1.29 is 9.53 Å². The summed E-state index contributed by atoms with van der Waals surface area (Å²) in [4.78, 5) is 11.9. The van der Waals surface area contributed by atoms with Crippen LogP contribution in [-0.4, -0.2) is 30.3 Å². The molecule has 0 spiro atoms. The second kappa shape index (κ2) is 9.51. The normalized spacial score (nSPS) is 23.6. The van der Waals surface area contributed by atoms with Crippen LogP contribution in [0.4, 0.5) is 4.79 Å². The molecule has 2 N–H and O–H groups in total. The number of nitrogens with one attached hydrogen (secondary N) is 2. The van der Waals surface area contributed by atoms with E-state index >= 15 is 0 Å². The number of ether oxygens (including phenoxy) is 1. The van der Waals surface area contributed by atoms with Crippen molar-refractivity contribution >= 4 is 6.09 Å². The van der Waals surface area contributed by atoms with Crippen LogP contribution in [0.1, 0.15) is 80.1 Å². The summed E-state index contributed by atoms with van der Waals surface area (Å²) in [5, 5.41) is 6.71. The van der Waals surface area contributed by atoms with E-state index in [1.54, 1.807) is 0 Å². The highest BCUT2D eigenvalue weighted by molar-refractivity contribution is 5.67. The minimum Gasteiger partial charge on any atom is -0.444 e. The summed E-state index contributed by atoms with van der Waals surface area (Å²) in [6, 6.07) is 0.924. The maximum Gasteiger partial charge on any atom is 0.407 e. The average Bonchev–Trinajstić information content (AvgIpc) is 2.43. The van der Waals surface area contributed by atoms with Gasteiger partial charge in [-0.2, -0.15) is 0 Å². The number of hydrogen-bond donors (Lipinski definition) is 2. The topological polar surface area (TPSA) is 50.4 Å². The number of amides is 1. The highest BCUT2D eigenvalue weighted by Crippen LogP contribution is 2.27. The summed E-state index contributed by atoms with van der Waals surface area (Å²) in [7, 11) is 0. The lowest BCUT2D eigenvalue weighted by Crippen LogP contribution is -2.48. The molecule has 0 saturated heterocycles. The first-order valence-corrected chi connectivity index (χ1v) is 9.42. The van der Waals surface area contributed by atoms with Crippen molar-refractivity contribution in [2.75, 3.05) is 6.54 Å². The van der Waals surface area contributed by atoms with Crippen molar-refractivity contribution in [3.63, 3.8) is 0 Å². The highest BCUT2D eigenvalue weighted by Gasteiger charge is 2.23. The van der Waals surface area contributed by atoms with Crippen molar-refractivity contribution in [1.82, 2.24) is 10.6 Å². The molecule has 0 aromatic rings. The second-order valence-electron chi connectivity index (χ2n) is 8.50. The predicted octanol–water partition coefficient (Wildman–Crippen LogP) is 4.48. The first-order chi connectivity index (χ1) is 10.7. The van der Waals surface area contributed by atoms with Gasteiger partial charge in [0.15, 0.2) is 0 Å². The standard InChI is InChI=1S/C19H38N2O2/c1-7-15-8-10-16(11-9-15)21-17(12-14(2)3)13-20-18(22)23-19(4,5)6/h14-17,21H,7-13H2,1-6H3,(H,20,22). The van der Waals surface area contributed by atoms with Crippen LogP contribution >= 0.6 is 0 Å². The fraction of sp³-hybridized carbons (Fsp3) is 0.947. The Hall–Kier alpha value is -0.770. The molecule has 136 valence electrons. The number of carbonyl (C=O) groups excluding carboxylic acids is 1. The maximum absolute atomic E-state index is 11.9. The molecule has 23 heavy (non-hydrogen) atoms. The first kappa shape index (κ1) is 20.3. The van der Waals surface area contributed by atoms with Crippen molar-refractivity contribution in [2.24, 2.45) is 11.8 Å². The summed E-state index contributed by atoms with van der Waals surface area (Å²) in [5.41, 5.74) is -0.441. The third-order valence-electron chi connectivity index (χ3n) is 4.54. The van der Waals surface area contributed by atoms with E-state index in [1.165, 1.54) is 32.1 Å².